The van der Waals surface area contributed by atoms with Gasteiger partial charge in [-0.25, -0.2) is 4.98 Å². The van der Waals surface area contributed by atoms with E-state index in [4.69, 9.17) is 11.6 Å². The molecule has 1 heterocycles. The number of hydrazone groups is 1. The minimum atomic E-state index is 0.104. The first-order chi connectivity index (χ1) is 8.58. The van der Waals surface area contributed by atoms with E-state index in [1.54, 1.807) is 6.07 Å². The van der Waals surface area contributed by atoms with Gasteiger partial charge in [-0.05, 0) is 35.0 Å². The summed E-state index contributed by atoms with van der Waals surface area (Å²) in [4.78, 5) is 4.20. The van der Waals surface area contributed by atoms with E-state index in [1.807, 2.05) is 12.3 Å². The highest BCUT2D eigenvalue weighted by atomic mass is 79.9. The Labute approximate surface area is 121 Å². The van der Waals surface area contributed by atoms with Crippen LogP contribution in [-0.2, 0) is 0 Å². The third-order valence-corrected chi connectivity index (χ3v) is 4.34. The highest BCUT2D eigenvalue weighted by Gasteiger charge is 2.07. The number of anilines is 1. The summed E-state index contributed by atoms with van der Waals surface area (Å²) >= 11 is 10.7. The normalized spacial score (nSPS) is 11.1. The summed E-state index contributed by atoms with van der Waals surface area (Å²) in [6, 6.07) is 3.12. The molecular formula is C11H9BrClN3OS. The average Bonchev–Trinajstić information content (AvgIpc) is 2.74. The van der Waals surface area contributed by atoms with E-state index >= 15 is 0 Å². The minimum Gasteiger partial charge on any atom is -0.507 e. The number of aromatic nitrogens is 1. The van der Waals surface area contributed by atoms with Crippen molar-refractivity contribution in [3.8, 4) is 5.75 Å². The van der Waals surface area contributed by atoms with Crippen LogP contribution in [0, 0.1) is 6.92 Å². The number of hydrogen-bond acceptors (Lipinski definition) is 5. The molecule has 4 nitrogen and oxygen atoms in total. The number of aryl methyl sites for hydroxylation is 1. The van der Waals surface area contributed by atoms with Crippen molar-refractivity contribution in [3.05, 3.63) is 38.3 Å². The molecule has 1 aromatic carbocycles. The number of rotatable bonds is 3. The van der Waals surface area contributed by atoms with Crippen molar-refractivity contribution < 1.29 is 5.11 Å². The van der Waals surface area contributed by atoms with Crippen molar-refractivity contribution in [1.29, 1.82) is 0 Å². The van der Waals surface area contributed by atoms with E-state index in [-0.39, 0.29) is 5.75 Å². The van der Waals surface area contributed by atoms with Gasteiger partial charge in [-0.3, -0.25) is 5.43 Å². The van der Waals surface area contributed by atoms with Crippen molar-refractivity contribution in [1.82, 2.24) is 4.98 Å². The second-order valence-electron chi connectivity index (χ2n) is 3.46. The van der Waals surface area contributed by atoms with E-state index in [0.29, 0.717) is 20.2 Å². The Kier molecular flexibility index (Phi) is 4.21. The molecule has 18 heavy (non-hydrogen) atoms. The zero-order valence-electron chi connectivity index (χ0n) is 9.32. The van der Waals surface area contributed by atoms with Crippen molar-refractivity contribution in [2.24, 2.45) is 5.10 Å². The summed E-state index contributed by atoms with van der Waals surface area (Å²) in [5, 5.41) is 16.8. The molecule has 0 spiro atoms. The van der Waals surface area contributed by atoms with Crippen LogP contribution in [0.25, 0.3) is 0 Å². The number of nitrogens with zero attached hydrogens (tertiary/aromatic N) is 2. The molecule has 0 bridgehead atoms. The molecule has 1 aromatic heterocycles. The minimum absolute atomic E-state index is 0.104. The number of aromatic hydroxyl groups is 1. The second kappa shape index (κ2) is 5.69. The lowest BCUT2D eigenvalue weighted by atomic mass is 10.2. The van der Waals surface area contributed by atoms with Crippen LogP contribution >= 0.6 is 38.9 Å². The van der Waals surface area contributed by atoms with Gasteiger partial charge in [0.25, 0.3) is 0 Å². The Bertz CT molecular complexity index is 600. The Morgan fingerprint density at radius 1 is 1.56 bits per heavy atom. The van der Waals surface area contributed by atoms with Crippen LogP contribution in [0.3, 0.4) is 0 Å². The van der Waals surface area contributed by atoms with Gasteiger partial charge in [0.1, 0.15) is 5.75 Å². The molecule has 0 aliphatic carbocycles. The second-order valence-corrected chi connectivity index (χ2v) is 5.52. The molecular weight excluding hydrogens is 338 g/mol. The van der Waals surface area contributed by atoms with Crippen LogP contribution in [-0.4, -0.2) is 16.3 Å². The first-order valence-corrected chi connectivity index (χ1v) is 7.01. The molecule has 2 aromatic rings. The molecule has 0 amide bonds. The summed E-state index contributed by atoms with van der Waals surface area (Å²) in [5.41, 5.74) is 4.24. The molecule has 0 saturated carbocycles. The number of thiazole rings is 1. The maximum absolute atomic E-state index is 9.70. The fourth-order valence-electron chi connectivity index (χ4n) is 1.24. The largest absolute Gasteiger partial charge is 0.507 e. The molecule has 94 valence electrons. The molecule has 0 aliphatic rings. The quantitative estimate of drug-likeness (QED) is 0.652. The van der Waals surface area contributed by atoms with Crippen LogP contribution in [0.15, 0.2) is 27.1 Å². The number of phenolic OH excluding ortho intramolecular Hbond substituents is 1. The SMILES string of the molecule is Cc1csc(NN=Cc2c(O)ccc(Cl)c2Br)n1. The molecule has 0 radical (unpaired) electrons. The number of hydrogen-bond donors (Lipinski definition) is 2. The van der Waals surface area contributed by atoms with E-state index < -0.39 is 0 Å². The van der Waals surface area contributed by atoms with Gasteiger partial charge in [-0.2, -0.15) is 5.10 Å². The Morgan fingerprint density at radius 3 is 3.00 bits per heavy atom. The number of nitrogens with one attached hydrogen (secondary N) is 1. The number of phenols is 1. The van der Waals surface area contributed by atoms with Gasteiger partial charge >= 0.3 is 0 Å². The highest BCUT2D eigenvalue weighted by Crippen LogP contribution is 2.31. The van der Waals surface area contributed by atoms with Crippen LogP contribution in [0.1, 0.15) is 11.3 Å². The monoisotopic (exact) mass is 345 g/mol. The molecule has 0 aliphatic heterocycles. The lowest BCUT2D eigenvalue weighted by molar-refractivity contribution is 0.474. The lowest BCUT2D eigenvalue weighted by Gasteiger charge is -2.03. The van der Waals surface area contributed by atoms with Crippen molar-refractivity contribution >= 4 is 50.2 Å². The fraction of sp³-hybridized carbons (Fsp3) is 0.0909. The Hall–Kier alpha value is -1.11. The van der Waals surface area contributed by atoms with Crippen LogP contribution < -0.4 is 5.43 Å². The topological polar surface area (TPSA) is 57.5 Å². The third kappa shape index (κ3) is 3.01. The third-order valence-electron chi connectivity index (χ3n) is 2.08. The predicted molar refractivity (Wildman–Crippen MR) is 78.9 cm³/mol. The first-order valence-electron chi connectivity index (χ1n) is 4.96. The van der Waals surface area contributed by atoms with Gasteiger partial charge in [0.05, 0.1) is 22.5 Å². The zero-order chi connectivity index (χ0) is 13.1. The number of benzene rings is 1. The van der Waals surface area contributed by atoms with Crippen LogP contribution in [0.2, 0.25) is 5.02 Å². The number of halogens is 2. The van der Waals surface area contributed by atoms with Crippen molar-refractivity contribution in [3.63, 3.8) is 0 Å². The van der Waals surface area contributed by atoms with Gasteiger partial charge in [0.2, 0.25) is 5.13 Å². The van der Waals surface area contributed by atoms with E-state index in [2.05, 4.69) is 31.4 Å². The van der Waals surface area contributed by atoms with Gasteiger partial charge in [-0.15, -0.1) is 11.3 Å². The summed E-state index contributed by atoms with van der Waals surface area (Å²) in [6.07, 6.45) is 1.49. The van der Waals surface area contributed by atoms with Gasteiger partial charge in [0.15, 0.2) is 0 Å². The molecule has 0 atom stereocenters. The van der Waals surface area contributed by atoms with Gasteiger partial charge in [-0.1, -0.05) is 11.6 Å². The van der Waals surface area contributed by atoms with Gasteiger partial charge in [0, 0.05) is 9.85 Å². The molecule has 0 fully saturated rings. The summed E-state index contributed by atoms with van der Waals surface area (Å²) < 4.78 is 0.602. The molecule has 7 heteroatoms. The smallest absolute Gasteiger partial charge is 0.203 e. The standard InChI is InChI=1S/C11H9BrClN3OS/c1-6-5-18-11(15-6)16-14-4-7-9(17)3-2-8(13)10(7)12/h2-5,17H,1H3,(H,15,16). The van der Waals surface area contributed by atoms with Crippen molar-refractivity contribution in [2.75, 3.05) is 5.43 Å². The van der Waals surface area contributed by atoms with Crippen LogP contribution in [0.4, 0.5) is 5.13 Å². The fourth-order valence-corrected chi connectivity index (χ4v) is 2.48. The highest BCUT2D eigenvalue weighted by molar-refractivity contribution is 9.10. The maximum atomic E-state index is 9.70. The van der Waals surface area contributed by atoms with Gasteiger partial charge < -0.3 is 5.11 Å². The molecule has 0 saturated heterocycles. The maximum Gasteiger partial charge on any atom is 0.203 e. The zero-order valence-corrected chi connectivity index (χ0v) is 12.5. The molecule has 2 rings (SSSR count). The van der Waals surface area contributed by atoms with E-state index in [1.165, 1.54) is 23.6 Å². The Morgan fingerprint density at radius 2 is 2.33 bits per heavy atom. The lowest BCUT2D eigenvalue weighted by Crippen LogP contribution is -1.92. The van der Waals surface area contributed by atoms with Crippen molar-refractivity contribution in [2.45, 2.75) is 6.92 Å². The average molecular weight is 347 g/mol. The molecule has 2 N–H and O–H groups in total. The summed E-state index contributed by atoms with van der Waals surface area (Å²) in [7, 11) is 0. The Balaban J connectivity index is 2.16. The predicted octanol–water partition coefficient (Wildman–Crippen LogP) is 4.02. The van der Waals surface area contributed by atoms with E-state index in [9.17, 15) is 5.11 Å². The summed E-state index contributed by atoms with van der Waals surface area (Å²) in [6.45, 7) is 1.91. The molecule has 0 unspecified atom stereocenters. The first kappa shape index (κ1) is 13.3. The summed E-state index contributed by atoms with van der Waals surface area (Å²) in [5.74, 6) is 0.104. The van der Waals surface area contributed by atoms with Crippen LogP contribution in [0.5, 0.6) is 5.75 Å². The van der Waals surface area contributed by atoms with E-state index in [0.717, 1.165) is 5.69 Å².